The Morgan fingerprint density at radius 1 is 1.31 bits per heavy atom. The average Bonchev–Trinajstić information content (AvgIpc) is 2.02. The monoisotopic (exact) mass is 240 g/mol. The number of hydrogen-bond acceptors (Lipinski definition) is 2. The van der Waals surface area contributed by atoms with Gasteiger partial charge in [-0.1, -0.05) is 15.9 Å². The second-order valence-corrected chi connectivity index (χ2v) is 3.57. The van der Waals surface area contributed by atoms with Crippen LogP contribution in [0.2, 0.25) is 0 Å². The second kappa shape index (κ2) is 2.96. The topological polar surface area (TPSA) is 33.1 Å². The molecule has 0 aliphatic heterocycles. The van der Waals surface area contributed by atoms with E-state index in [-0.39, 0.29) is 5.75 Å². The van der Waals surface area contributed by atoms with Crippen molar-refractivity contribution in [2.75, 3.05) is 0 Å². The Kier molecular flexibility index (Phi) is 1.92. The molecule has 0 bridgehead atoms. The number of benzene rings is 1. The molecule has 0 aliphatic rings. The van der Waals surface area contributed by atoms with E-state index in [1.165, 1.54) is 12.1 Å². The molecule has 1 heterocycles. The molecule has 2 aromatic rings. The van der Waals surface area contributed by atoms with Gasteiger partial charge in [0, 0.05) is 9.86 Å². The Labute approximate surface area is 82.2 Å². The number of phenols is 1. The van der Waals surface area contributed by atoms with E-state index in [1.54, 1.807) is 6.07 Å². The van der Waals surface area contributed by atoms with Crippen molar-refractivity contribution < 1.29 is 9.50 Å². The molecule has 1 aromatic carbocycles. The number of halogens is 2. The van der Waals surface area contributed by atoms with Crippen molar-refractivity contribution in [1.82, 2.24) is 4.98 Å². The smallest absolute Gasteiger partial charge is 0.142 e. The number of aromatic nitrogens is 1. The molecule has 0 radical (unpaired) electrons. The van der Waals surface area contributed by atoms with Gasteiger partial charge in [-0.3, -0.25) is 0 Å². The van der Waals surface area contributed by atoms with Crippen LogP contribution in [0.15, 0.2) is 28.9 Å². The van der Waals surface area contributed by atoms with E-state index in [2.05, 4.69) is 20.9 Å². The Balaban J connectivity index is 2.86. The van der Waals surface area contributed by atoms with Gasteiger partial charge in [0.05, 0.1) is 6.20 Å². The van der Waals surface area contributed by atoms with Gasteiger partial charge < -0.3 is 5.11 Å². The third-order valence-corrected chi connectivity index (χ3v) is 2.15. The normalized spacial score (nSPS) is 10.6. The standard InChI is InChI=1S/C9H5BrFNO/c10-6-1-5-2-7(11)4-12-9(5)8(13)3-6/h1-4,13H/i11-1. The molecular formula is C9H5BrFNO. The molecule has 0 amide bonds. The van der Waals surface area contributed by atoms with Gasteiger partial charge in [0.15, 0.2) is 0 Å². The van der Waals surface area contributed by atoms with Crippen LogP contribution in [-0.2, 0) is 0 Å². The highest BCUT2D eigenvalue weighted by atomic mass is 79.9. The highest BCUT2D eigenvalue weighted by Gasteiger charge is 2.03. The van der Waals surface area contributed by atoms with Crippen molar-refractivity contribution in [1.29, 1.82) is 0 Å². The van der Waals surface area contributed by atoms with E-state index in [0.717, 1.165) is 6.20 Å². The summed E-state index contributed by atoms with van der Waals surface area (Å²) in [5.74, 6) is -0.366. The second-order valence-electron chi connectivity index (χ2n) is 2.65. The lowest BCUT2D eigenvalue weighted by molar-refractivity contribution is 0.480. The molecule has 1 aromatic heterocycles. The highest BCUT2D eigenvalue weighted by molar-refractivity contribution is 9.10. The van der Waals surface area contributed by atoms with Crippen LogP contribution in [-0.4, -0.2) is 10.1 Å². The van der Waals surface area contributed by atoms with Gasteiger partial charge in [0.2, 0.25) is 0 Å². The van der Waals surface area contributed by atoms with Crippen molar-refractivity contribution in [2.45, 2.75) is 0 Å². The minimum atomic E-state index is -0.412. The fourth-order valence-electron chi connectivity index (χ4n) is 1.17. The number of rotatable bonds is 0. The van der Waals surface area contributed by atoms with Gasteiger partial charge in [-0.25, -0.2) is 9.37 Å². The number of aromatic hydroxyl groups is 1. The maximum Gasteiger partial charge on any atom is 0.142 e. The summed E-state index contributed by atoms with van der Waals surface area (Å²) in [5, 5.41) is 10.0. The summed E-state index contributed by atoms with van der Waals surface area (Å²) < 4.78 is 13.4. The summed E-state index contributed by atoms with van der Waals surface area (Å²) in [5.41, 5.74) is 0.407. The zero-order valence-corrected chi connectivity index (χ0v) is 8.05. The number of nitrogens with zero attached hydrogens (tertiary/aromatic N) is 1. The first-order chi connectivity index (χ1) is 6.16. The Bertz CT molecular complexity index is 467. The van der Waals surface area contributed by atoms with Gasteiger partial charge in [0.25, 0.3) is 0 Å². The lowest BCUT2D eigenvalue weighted by atomic mass is 10.2. The van der Waals surface area contributed by atoms with Crippen molar-refractivity contribution in [3.8, 4) is 5.75 Å². The quantitative estimate of drug-likeness (QED) is 0.769. The van der Waals surface area contributed by atoms with E-state index < -0.39 is 5.82 Å². The van der Waals surface area contributed by atoms with Gasteiger partial charge in [-0.2, -0.15) is 0 Å². The third-order valence-electron chi connectivity index (χ3n) is 1.69. The first-order valence-corrected chi connectivity index (χ1v) is 4.40. The maximum atomic E-state index is 12.7. The minimum absolute atomic E-state index is 0.0457. The zero-order valence-electron chi connectivity index (χ0n) is 6.46. The van der Waals surface area contributed by atoms with E-state index >= 15 is 0 Å². The van der Waals surface area contributed by atoms with Crippen molar-refractivity contribution in [3.63, 3.8) is 0 Å². The lowest BCUT2D eigenvalue weighted by Crippen LogP contribution is -1.82. The maximum absolute atomic E-state index is 12.7. The molecule has 13 heavy (non-hydrogen) atoms. The molecule has 2 nitrogen and oxygen atoms in total. The molecule has 0 saturated carbocycles. The third kappa shape index (κ3) is 1.49. The van der Waals surface area contributed by atoms with Crippen LogP contribution in [0.4, 0.5) is 4.39 Å². The molecule has 0 atom stereocenters. The summed E-state index contributed by atoms with van der Waals surface area (Å²) in [7, 11) is 0. The van der Waals surface area contributed by atoms with Crippen molar-refractivity contribution in [3.05, 3.63) is 34.7 Å². The highest BCUT2D eigenvalue weighted by Crippen LogP contribution is 2.27. The summed E-state index contributed by atoms with van der Waals surface area (Å²) in [4.78, 5) is 3.78. The largest absolute Gasteiger partial charge is 0.506 e. The molecule has 0 saturated heterocycles. The molecule has 2 rings (SSSR count). The SMILES string of the molecule is Oc1cc(Br)cc2cc([18F])cnc12. The van der Waals surface area contributed by atoms with Gasteiger partial charge in [-0.05, 0) is 18.2 Å². The molecule has 0 fully saturated rings. The fraction of sp³-hybridized carbons (Fsp3) is 0. The molecule has 4 heteroatoms. The van der Waals surface area contributed by atoms with Crippen molar-refractivity contribution >= 4 is 26.8 Å². The number of phenolic OH excluding ortho intramolecular Hbond substituents is 1. The van der Waals surface area contributed by atoms with Crippen LogP contribution >= 0.6 is 15.9 Å². The van der Waals surface area contributed by atoms with E-state index in [4.69, 9.17) is 0 Å². The summed E-state index contributed by atoms with van der Waals surface area (Å²) in [6.07, 6.45) is 1.08. The molecule has 0 spiro atoms. The van der Waals surface area contributed by atoms with E-state index in [0.29, 0.717) is 15.4 Å². The molecule has 0 unspecified atom stereocenters. The Hall–Kier alpha value is -1.16. The number of pyridine rings is 1. The molecule has 66 valence electrons. The lowest BCUT2D eigenvalue weighted by Gasteiger charge is -2.00. The minimum Gasteiger partial charge on any atom is -0.506 e. The van der Waals surface area contributed by atoms with E-state index in [1.807, 2.05) is 0 Å². The first kappa shape index (κ1) is 8.44. The van der Waals surface area contributed by atoms with Gasteiger partial charge >= 0.3 is 0 Å². The molecular weight excluding hydrogens is 236 g/mol. The average molecular weight is 241 g/mol. The van der Waals surface area contributed by atoms with Crippen LogP contribution < -0.4 is 0 Å². The Morgan fingerprint density at radius 2 is 2.08 bits per heavy atom. The first-order valence-electron chi connectivity index (χ1n) is 3.60. The van der Waals surface area contributed by atoms with Crippen LogP contribution in [0.5, 0.6) is 5.75 Å². The summed E-state index contributed by atoms with van der Waals surface area (Å²) in [6, 6.07) is 4.55. The van der Waals surface area contributed by atoms with E-state index in [9.17, 15) is 9.50 Å². The van der Waals surface area contributed by atoms with Gasteiger partial charge in [0.1, 0.15) is 17.1 Å². The number of fused-ring (bicyclic) bond motifs is 1. The predicted molar refractivity (Wildman–Crippen MR) is 51.1 cm³/mol. The predicted octanol–water partition coefficient (Wildman–Crippen LogP) is 2.84. The summed E-state index contributed by atoms with van der Waals surface area (Å²) >= 11 is 3.20. The van der Waals surface area contributed by atoms with Crippen LogP contribution in [0.3, 0.4) is 0 Å². The zero-order chi connectivity index (χ0) is 9.42. The van der Waals surface area contributed by atoms with Crippen LogP contribution in [0.25, 0.3) is 10.9 Å². The Morgan fingerprint density at radius 3 is 2.85 bits per heavy atom. The van der Waals surface area contributed by atoms with Crippen molar-refractivity contribution in [2.24, 2.45) is 0 Å². The fourth-order valence-corrected chi connectivity index (χ4v) is 1.63. The van der Waals surface area contributed by atoms with Gasteiger partial charge in [-0.15, -0.1) is 0 Å². The van der Waals surface area contributed by atoms with Crippen LogP contribution in [0.1, 0.15) is 0 Å². The number of hydrogen-bond donors (Lipinski definition) is 1. The summed E-state index contributed by atoms with van der Waals surface area (Å²) in [6.45, 7) is 0. The molecule has 0 aliphatic carbocycles. The van der Waals surface area contributed by atoms with Crippen LogP contribution in [0, 0.1) is 5.82 Å². The molecule has 1 N–H and O–H groups in total.